The molecule has 5 nitrogen and oxygen atoms in total. The molecular weight excluding hydrogens is 240 g/mol. The Balaban J connectivity index is 2.47. The van der Waals surface area contributed by atoms with Gasteiger partial charge in [0.2, 0.25) is 5.91 Å². The molecule has 1 rings (SSSR count). The molecule has 6 heteroatoms. The third kappa shape index (κ3) is 4.27. The lowest BCUT2D eigenvalue weighted by atomic mass is 10.1. The quantitative estimate of drug-likeness (QED) is 0.758. The summed E-state index contributed by atoms with van der Waals surface area (Å²) in [6, 6.07) is -0.00529. The maximum atomic E-state index is 11.9. The monoisotopic (exact) mass is 262 g/mol. The Morgan fingerprint density at radius 2 is 2.18 bits per heavy atom. The Kier molecular flexibility index (Phi) is 4.94. The van der Waals surface area contributed by atoms with E-state index in [4.69, 9.17) is 0 Å². The van der Waals surface area contributed by atoms with Crippen molar-refractivity contribution in [2.75, 3.05) is 25.1 Å². The summed E-state index contributed by atoms with van der Waals surface area (Å²) in [5, 5.41) is 3.17. The lowest BCUT2D eigenvalue weighted by Gasteiger charge is -2.25. The molecule has 0 aromatic rings. The van der Waals surface area contributed by atoms with E-state index in [0.717, 1.165) is 6.54 Å². The molecule has 1 fully saturated rings. The molecule has 1 saturated heterocycles. The Labute approximate surface area is 103 Å². The molecule has 0 radical (unpaired) electrons. The number of sulfone groups is 1. The van der Waals surface area contributed by atoms with E-state index in [2.05, 4.69) is 5.32 Å². The van der Waals surface area contributed by atoms with Crippen LogP contribution in [0.1, 0.15) is 26.7 Å². The summed E-state index contributed by atoms with van der Waals surface area (Å²) >= 11 is 0. The number of amides is 1. The van der Waals surface area contributed by atoms with E-state index >= 15 is 0 Å². The van der Waals surface area contributed by atoms with Gasteiger partial charge in [-0.2, -0.15) is 0 Å². The fourth-order valence-electron chi connectivity index (χ4n) is 2.11. The average molecular weight is 262 g/mol. The molecule has 0 aliphatic carbocycles. The fraction of sp³-hybridized carbons (Fsp3) is 0.909. The van der Waals surface area contributed by atoms with Crippen molar-refractivity contribution in [3.63, 3.8) is 0 Å². The van der Waals surface area contributed by atoms with Crippen LogP contribution in [0.5, 0.6) is 0 Å². The van der Waals surface area contributed by atoms with Crippen molar-refractivity contribution < 1.29 is 13.2 Å². The van der Waals surface area contributed by atoms with Crippen LogP contribution in [0.2, 0.25) is 0 Å². The lowest BCUT2D eigenvalue weighted by molar-refractivity contribution is -0.131. The first-order valence-corrected chi connectivity index (χ1v) is 7.87. The highest BCUT2D eigenvalue weighted by molar-refractivity contribution is 7.91. The Morgan fingerprint density at radius 3 is 2.65 bits per heavy atom. The smallest absolute Gasteiger partial charge is 0.224 e. The standard InChI is InChI=1S/C11H22N2O3S/c1-4-12-9(2)7-11(14)13(3)10-5-6-17(15,16)8-10/h9-10,12H,4-8H2,1-3H3. The predicted octanol–water partition coefficient (Wildman–Crippen LogP) is 0.0200. The van der Waals surface area contributed by atoms with Gasteiger partial charge in [0, 0.05) is 25.6 Å². The van der Waals surface area contributed by atoms with Crippen LogP contribution in [-0.4, -0.2) is 56.4 Å². The first-order valence-electron chi connectivity index (χ1n) is 6.05. The molecule has 1 N–H and O–H groups in total. The summed E-state index contributed by atoms with van der Waals surface area (Å²) in [5.41, 5.74) is 0. The summed E-state index contributed by atoms with van der Waals surface area (Å²) < 4.78 is 22.7. The van der Waals surface area contributed by atoms with Crippen LogP contribution in [0, 0.1) is 0 Å². The van der Waals surface area contributed by atoms with Gasteiger partial charge in [-0.15, -0.1) is 0 Å². The highest BCUT2D eigenvalue weighted by Crippen LogP contribution is 2.17. The number of carbonyl (C=O) groups is 1. The fourth-order valence-corrected chi connectivity index (χ4v) is 3.89. The Morgan fingerprint density at radius 1 is 1.53 bits per heavy atom. The molecule has 0 bridgehead atoms. The van der Waals surface area contributed by atoms with E-state index in [9.17, 15) is 13.2 Å². The van der Waals surface area contributed by atoms with E-state index in [1.165, 1.54) is 0 Å². The van der Waals surface area contributed by atoms with Crippen LogP contribution < -0.4 is 5.32 Å². The van der Waals surface area contributed by atoms with Crippen molar-refractivity contribution >= 4 is 15.7 Å². The van der Waals surface area contributed by atoms with Crippen LogP contribution in [0.25, 0.3) is 0 Å². The van der Waals surface area contributed by atoms with Crippen molar-refractivity contribution in [1.29, 1.82) is 0 Å². The minimum absolute atomic E-state index is 0.0144. The van der Waals surface area contributed by atoms with Gasteiger partial charge in [-0.25, -0.2) is 8.42 Å². The molecule has 0 spiro atoms. The van der Waals surface area contributed by atoms with E-state index in [0.29, 0.717) is 12.8 Å². The molecule has 2 atom stereocenters. The number of nitrogens with one attached hydrogen (secondary N) is 1. The number of nitrogens with zero attached hydrogens (tertiary/aromatic N) is 1. The maximum absolute atomic E-state index is 11.9. The Bertz CT molecular complexity index is 367. The van der Waals surface area contributed by atoms with Crippen LogP contribution in [-0.2, 0) is 14.6 Å². The van der Waals surface area contributed by atoms with Crippen LogP contribution in [0.15, 0.2) is 0 Å². The van der Waals surface area contributed by atoms with Crippen molar-refractivity contribution in [2.24, 2.45) is 0 Å². The largest absolute Gasteiger partial charge is 0.342 e. The van der Waals surface area contributed by atoms with E-state index in [1.807, 2.05) is 13.8 Å². The third-order valence-corrected chi connectivity index (χ3v) is 4.93. The zero-order valence-electron chi connectivity index (χ0n) is 10.8. The van der Waals surface area contributed by atoms with E-state index in [1.54, 1.807) is 11.9 Å². The highest BCUT2D eigenvalue weighted by atomic mass is 32.2. The first kappa shape index (κ1) is 14.4. The summed E-state index contributed by atoms with van der Waals surface area (Å²) in [7, 11) is -1.22. The molecular formula is C11H22N2O3S. The van der Waals surface area contributed by atoms with Crippen molar-refractivity contribution in [2.45, 2.75) is 38.8 Å². The van der Waals surface area contributed by atoms with Gasteiger partial charge in [-0.3, -0.25) is 4.79 Å². The van der Waals surface area contributed by atoms with Gasteiger partial charge in [0.25, 0.3) is 0 Å². The third-order valence-electron chi connectivity index (χ3n) is 3.18. The second kappa shape index (κ2) is 5.82. The van der Waals surface area contributed by atoms with Gasteiger partial charge in [0.15, 0.2) is 9.84 Å². The van der Waals surface area contributed by atoms with Crippen LogP contribution >= 0.6 is 0 Å². The first-order chi connectivity index (χ1) is 7.85. The van der Waals surface area contributed by atoms with Gasteiger partial charge >= 0.3 is 0 Å². The van der Waals surface area contributed by atoms with Crippen LogP contribution in [0.4, 0.5) is 0 Å². The minimum Gasteiger partial charge on any atom is -0.342 e. The van der Waals surface area contributed by atoms with Gasteiger partial charge in [-0.05, 0) is 19.9 Å². The molecule has 0 saturated carbocycles. The topological polar surface area (TPSA) is 66.5 Å². The normalized spacial score (nSPS) is 24.5. The minimum atomic E-state index is -2.92. The Hall–Kier alpha value is -0.620. The maximum Gasteiger partial charge on any atom is 0.224 e. The number of hydrogen-bond donors (Lipinski definition) is 1. The highest BCUT2D eigenvalue weighted by Gasteiger charge is 2.32. The summed E-state index contributed by atoms with van der Waals surface area (Å²) in [5.74, 6) is 0.337. The molecule has 0 aromatic carbocycles. The van der Waals surface area contributed by atoms with Gasteiger partial charge in [-0.1, -0.05) is 6.92 Å². The molecule has 100 valence electrons. The van der Waals surface area contributed by atoms with E-state index < -0.39 is 9.84 Å². The molecule has 1 aliphatic rings. The number of rotatable bonds is 5. The molecule has 1 amide bonds. The zero-order chi connectivity index (χ0) is 13.1. The summed E-state index contributed by atoms with van der Waals surface area (Å²) in [4.78, 5) is 13.5. The average Bonchev–Trinajstić information content (AvgIpc) is 2.58. The van der Waals surface area contributed by atoms with Gasteiger partial charge < -0.3 is 10.2 Å². The molecule has 17 heavy (non-hydrogen) atoms. The summed E-state index contributed by atoms with van der Waals surface area (Å²) in [6.07, 6.45) is 0.987. The second-order valence-electron chi connectivity index (χ2n) is 4.72. The van der Waals surface area contributed by atoms with Crippen LogP contribution in [0.3, 0.4) is 0 Å². The molecule has 1 heterocycles. The molecule has 1 aliphatic heterocycles. The van der Waals surface area contributed by atoms with Crippen molar-refractivity contribution in [3.05, 3.63) is 0 Å². The number of carbonyl (C=O) groups excluding carboxylic acids is 1. The van der Waals surface area contributed by atoms with Gasteiger partial charge in [0.1, 0.15) is 0 Å². The van der Waals surface area contributed by atoms with Crippen molar-refractivity contribution in [1.82, 2.24) is 10.2 Å². The number of hydrogen-bond acceptors (Lipinski definition) is 4. The van der Waals surface area contributed by atoms with Crippen molar-refractivity contribution in [3.8, 4) is 0 Å². The predicted molar refractivity (Wildman–Crippen MR) is 67.6 cm³/mol. The van der Waals surface area contributed by atoms with Gasteiger partial charge in [0.05, 0.1) is 11.5 Å². The lowest BCUT2D eigenvalue weighted by Crippen LogP contribution is -2.41. The van der Waals surface area contributed by atoms with E-state index in [-0.39, 0.29) is 29.5 Å². The zero-order valence-corrected chi connectivity index (χ0v) is 11.6. The molecule has 0 aromatic heterocycles. The molecule has 2 unspecified atom stereocenters. The SMILES string of the molecule is CCNC(C)CC(=O)N(C)C1CCS(=O)(=O)C1. The second-order valence-corrected chi connectivity index (χ2v) is 6.95. The summed E-state index contributed by atoms with van der Waals surface area (Å²) in [6.45, 7) is 4.78.